The number of allylic oxidation sites excluding steroid dienone is 8. The van der Waals surface area contributed by atoms with E-state index in [1.165, 1.54) is 12.1 Å². The molecule has 0 atom stereocenters. The summed E-state index contributed by atoms with van der Waals surface area (Å²) in [6, 6.07) is 4.84. The van der Waals surface area contributed by atoms with Crippen molar-refractivity contribution in [1.82, 2.24) is 10.6 Å². The molecule has 2 aliphatic carbocycles. The van der Waals surface area contributed by atoms with Crippen LogP contribution in [0.25, 0.3) is 0 Å². The van der Waals surface area contributed by atoms with Gasteiger partial charge < -0.3 is 0 Å². The number of halogens is 4. The molecule has 2 amide bonds. The van der Waals surface area contributed by atoms with Gasteiger partial charge in [-0.15, -0.1) is 0 Å². The molecule has 9 heteroatoms. The Balaban J connectivity index is 1.91. The molecule has 47 heavy (non-hydrogen) atoms. The molecule has 0 heterocycles. The van der Waals surface area contributed by atoms with Crippen LogP contribution in [0.5, 0.6) is 0 Å². The summed E-state index contributed by atoms with van der Waals surface area (Å²) in [5, 5.41) is 5.59. The van der Waals surface area contributed by atoms with Crippen LogP contribution in [0, 0.1) is 34.1 Å². The Morgan fingerprint density at radius 2 is 0.979 bits per heavy atom. The molecule has 0 aromatic heterocycles. The van der Waals surface area contributed by atoms with Gasteiger partial charge in [0.25, 0.3) is 0 Å². The average Bonchev–Trinajstić information content (AvgIpc) is 3.75. The van der Waals surface area contributed by atoms with Crippen LogP contribution in [0.3, 0.4) is 0 Å². The van der Waals surface area contributed by atoms with E-state index in [4.69, 9.17) is 0 Å². The van der Waals surface area contributed by atoms with Crippen molar-refractivity contribution < 1.29 is 43.7 Å². The Morgan fingerprint density at radius 3 is 1.30 bits per heavy atom. The Bertz CT molecular complexity index is 1480. The number of hydrogen-bond donors (Lipinski definition) is 2. The number of carbonyl (C=O) groups excluding carboxylic acids is 2. The van der Waals surface area contributed by atoms with Crippen LogP contribution >= 0.6 is 0 Å². The molecule has 252 valence electrons. The second-order valence-electron chi connectivity index (χ2n) is 13.9. The molecule has 0 bridgehead atoms. The van der Waals surface area contributed by atoms with Gasteiger partial charge in [-0.05, 0) is 0 Å². The molecule has 0 saturated heterocycles. The van der Waals surface area contributed by atoms with Crippen LogP contribution in [-0.4, -0.2) is 11.8 Å². The van der Waals surface area contributed by atoms with Crippen molar-refractivity contribution in [2.75, 3.05) is 0 Å². The zero-order valence-electron chi connectivity index (χ0n) is 28.2. The molecule has 0 radical (unpaired) electrons. The summed E-state index contributed by atoms with van der Waals surface area (Å²) in [7, 11) is 0. The van der Waals surface area contributed by atoms with Crippen molar-refractivity contribution in [1.29, 1.82) is 0 Å². The summed E-state index contributed by atoms with van der Waals surface area (Å²) in [4.78, 5) is 26.0. The molecule has 2 aliphatic rings. The van der Waals surface area contributed by atoms with E-state index in [1.54, 1.807) is 48.6 Å². The molecule has 2 aromatic rings. The van der Waals surface area contributed by atoms with Gasteiger partial charge >= 0.3 is 281 Å². The molecular formula is C38H46F4N2O2Ti. The molecule has 4 rings (SSSR count). The third kappa shape index (κ3) is 7.29. The van der Waals surface area contributed by atoms with Crippen LogP contribution in [0.2, 0.25) is 8.45 Å². The van der Waals surface area contributed by atoms with E-state index in [0.717, 1.165) is 25.0 Å². The summed E-state index contributed by atoms with van der Waals surface area (Å²) in [6.07, 6.45) is 16.8. The van der Waals surface area contributed by atoms with E-state index >= 15 is 17.6 Å². The van der Waals surface area contributed by atoms with Crippen molar-refractivity contribution >= 4 is 19.6 Å². The molecule has 0 saturated carbocycles. The third-order valence-corrected chi connectivity index (χ3v) is 18.1. The van der Waals surface area contributed by atoms with Crippen LogP contribution in [0.15, 0.2) is 72.9 Å². The van der Waals surface area contributed by atoms with Gasteiger partial charge in [-0.3, -0.25) is 0 Å². The Morgan fingerprint density at radius 1 is 0.638 bits per heavy atom. The molecule has 0 fully saturated rings. The Labute approximate surface area is 279 Å². The van der Waals surface area contributed by atoms with Gasteiger partial charge in [-0.25, -0.2) is 0 Å². The van der Waals surface area contributed by atoms with Gasteiger partial charge in [-0.2, -0.15) is 0 Å². The SMILES string of the molecule is CCCC(C)(C)C(=O)NCc1ccc(F)[c]([Ti]([c]2c(F)ccc(CNC(=O)C(C)(C)CCC)c2F)([CH]2C=CC=C2)[CH]2C=CC=C2)c1F. The van der Waals surface area contributed by atoms with E-state index in [0.29, 0.717) is 12.8 Å². The van der Waals surface area contributed by atoms with E-state index < -0.39 is 59.1 Å². The van der Waals surface area contributed by atoms with E-state index in [2.05, 4.69) is 10.6 Å². The van der Waals surface area contributed by atoms with Crippen molar-refractivity contribution in [2.24, 2.45) is 10.8 Å². The second kappa shape index (κ2) is 14.9. The van der Waals surface area contributed by atoms with Crippen LogP contribution in [0.4, 0.5) is 17.6 Å². The monoisotopic (exact) mass is 686 g/mol. The number of amides is 2. The van der Waals surface area contributed by atoms with E-state index in [1.807, 2.05) is 41.5 Å². The number of benzene rings is 2. The molecule has 2 aromatic carbocycles. The topological polar surface area (TPSA) is 58.2 Å². The van der Waals surface area contributed by atoms with Gasteiger partial charge in [0.2, 0.25) is 0 Å². The van der Waals surface area contributed by atoms with Crippen molar-refractivity contribution in [3.05, 3.63) is 107 Å². The van der Waals surface area contributed by atoms with Crippen molar-refractivity contribution in [2.45, 2.75) is 88.8 Å². The fourth-order valence-corrected chi connectivity index (χ4v) is 15.9. The van der Waals surface area contributed by atoms with Gasteiger partial charge in [0.1, 0.15) is 0 Å². The van der Waals surface area contributed by atoms with Gasteiger partial charge in [-0.1, -0.05) is 0 Å². The average molecular weight is 687 g/mol. The van der Waals surface area contributed by atoms with Gasteiger partial charge in [0.15, 0.2) is 0 Å². The fourth-order valence-electron chi connectivity index (χ4n) is 7.01. The van der Waals surface area contributed by atoms with Crippen LogP contribution in [0.1, 0.15) is 78.4 Å². The quantitative estimate of drug-likeness (QED) is 0.156. The molecule has 2 N–H and O–H groups in total. The minimum absolute atomic E-state index is 0.0383. The Hall–Kier alpha value is -3.23. The molecule has 4 nitrogen and oxygen atoms in total. The number of rotatable bonds is 14. The first-order valence-electron chi connectivity index (χ1n) is 16.4. The van der Waals surface area contributed by atoms with Gasteiger partial charge in [0, 0.05) is 0 Å². The van der Waals surface area contributed by atoms with Crippen molar-refractivity contribution in [3.8, 4) is 0 Å². The predicted octanol–water partition coefficient (Wildman–Crippen LogP) is 8.06. The van der Waals surface area contributed by atoms with Crippen LogP contribution in [-0.2, 0) is 39.3 Å². The molecule has 0 unspecified atom stereocenters. The normalized spacial score (nSPS) is 15.2. The number of carbonyl (C=O) groups is 2. The summed E-state index contributed by atoms with van der Waals surface area (Å²) in [5.41, 5.74) is -1.31. The van der Waals surface area contributed by atoms with Gasteiger partial charge in [0.05, 0.1) is 0 Å². The number of nitrogens with one attached hydrogen (secondary N) is 2. The summed E-state index contributed by atoms with van der Waals surface area (Å²) < 4.78 is 64.7. The Kier molecular flexibility index (Phi) is 11.6. The zero-order valence-corrected chi connectivity index (χ0v) is 29.7. The first-order chi connectivity index (χ1) is 22.2. The molecule has 0 spiro atoms. The molecular weight excluding hydrogens is 640 g/mol. The van der Waals surface area contributed by atoms with E-state index in [9.17, 15) is 9.59 Å². The zero-order chi connectivity index (χ0) is 34.6. The maximum absolute atomic E-state index is 17.0. The minimum atomic E-state index is -5.00. The third-order valence-electron chi connectivity index (χ3n) is 9.58. The van der Waals surface area contributed by atoms with E-state index in [-0.39, 0.29) is 43.8 Å². The first kappa shape index (κ1) is 36.6. The maximum atomic E-state index is 17.0. The number of hydrogen-bond acceptors (Lipinski definition) is 2. The first-order valence-corrected chi connectivity index (χ1v) is 19.8. The van der Waals surface area contributed by atoms with Crippen molar-refractivity contribution in [3.63, 3.8) is 0 Å². The second-order valence-corrected chi connectivity index (χ2v) is 20.2. The fraction of sp³-hybridized carbons (Fsp3) is 0.421. The van der Waals surface area contributed by atoms with Crippen LogP contribution < -0.4 is 18.4 Å². The summed E-state index contributed by atoms with van der Waals surface area (Å²) in [6.45, 7) is 10.8. The summed E-state index contributed by atoms with van der Waals surface area (Å²) in [5.74, 6) is -4.11. The summed E-state index contributed by atoms with van der Waals surface area (Å²) >= 11 is -5.00. The molecule has 0 aliphatic heterocycles. The predicted molar refractivity (Wildman–Crippen MR) is 177 cm³/mol. The standard InChI is InChI=1S/2C14H18F2NO.2C5H5.Ti/c2*1-4-7-14(2,3)13(18)17-9-10-5-6-11(15)8-12(10)16;2*1-2-4-5-3-1;/h2*5-6H,4,7,9H2,1-3H3,(H,17,18);2*1-5H;.